The number of nitrogens with zero attached hydrogens (tertiary/aromatic N) is 4. The fraction of sp³-hybridized carbons (Fsp3) is 0.467. The molecule has 3 aliphatic heterocycles. The van der Waals surface area contributed by atoms with Crippen LogP contribution >= 0.6 is 0 Å². The van der Waals surface area contributed by atoms with Crippen molar-refractivity contribution in [3.8, 4) is 6.07 Å². The number of fused-ring (bicyclic) bond motifs is 2. The van der Waals surface area contributed by atoms with Crippen LogP contribution in [0.2, 0.25) is 0 Å². The van der Waals surface area contributed by atoms with Crippen LogP contribution in [-0.4, -0.2) is 47.7 Å². The van der Waals surface area contributed by atoms with Gasteiger partial charge in [-0.3, -0.25) is 4.79 Å². The smallest absolute Gasteiger partial charge is 0.194 e. The van der Waals surface area contributed by atoms with E-state index in [-0.39, 0.29) is 11.4 Å². The predicted molar refractivity (Wildman–Crippen MR) is 152 cm³/mol. The first-order valence-electron chi connectivity index (χ1n) is 14.1. The molecule has 1 unspecified atom stereocenters. The van der Waals surface area contributed by atoms with Crippen LogP contribution in [0, 0.1) is 11.3 Å². The van der Waals surface area contributed by atoms with Crippen molar-refractivity contribution >= 4 is 39.8 Å². The average molecular weight is 524 g/mol. The van der Waals surface area contributed by atoms with Crippen LogP contribution in [0.25, 0.3) is 10.8 Å². The molecular formula is C30H33N7O2. The Hall–Kier alpha value is -3.90. The number of hydrogen-bond donors (Lipinski definition) is 3. The first kappa shape index (κ1) is 24.2. The molecule has 1 saturated carbocycles. The van der Waals surface area contributed by atoms with Gasteiger partial charge in [-0.25, -0.2) is 9.97 Å². The molecule has 39 heavy (non-hydrogen) atoms. The molecule has 5 heterocycles. The summed E-state index contributed by atoms with van der Waals surface area (Å²) >= 11 is 0. The number of nitriles is 1. The third-order valence-electron chi connectivity index (χ3n) is 8.70. The summed E-state index contributed by atoms with van der Waals surface area (Å²) in [4.78, 5) is 26.3. The topological polar surface area (TPSA) is 115 Å². The van der Waals surface area contributed by atoms with Crippen LogP contribution in [0.4, 0.5) is 23.3 Å². The second-order valence-corrected chi connectivity index (χ2v) is 11.5. The van der Waals surface area contributed by atoms with E-state index >= 15 is 0 Å². The summed E-state index contributed by atoms with van der Waals surface area (Å²) < 4.78 is 5.58. The summed E-state index contributed by atoms with van der Waals surface area (Å²) in [5.74, 6) is 2.87. The van der Waals surface area contributed by atoms with Gasteiger partial charge < -0.3 is 25.6 Å². The van der Waals surface area contributed by atoms with E-state index in [2.05, 4.69) is 52.9 Å². The first-order chi connectivity index (χ1) is 19.0. The highest BCUT2D eigenvalue weighted by atomic mass is 16.5. The minimum Gasteiger partial charge on any atom is -0.378 e. The van der Waals surface area contributed by atoms with Crippen molar-refractivity contribution in [3.05, 3.63) is 46.5 Å². The zero-order valence-electron chi connectivity index (χ0n) is 22.4. The molecular weight excluding hydrogens is 490 g/mol. The van der Waals surface area contributed by atoms with Crippen LogP contribution in [0.5, 0.6) is 0 Å². The molecule has 200 valence electrons. The molecule has 4 aliphatic rings. The molecule has 1 atom stereocenters. The van der Waals surface area contributed by atoms with E-state index in [9.17, 15) is 10.1 Å². The van der Waals surface area contributed by atoms with E-state index in [4.69, 9.17) is 14.7 Å². The number of ketones is 1. The summed E-state index contributed by atoms with van der Waals surface area (Å²) in [6.07, 6.45) is 5.34. The lowest BCUT2D eigenvalue weighted by atomic mass is 9.86. The Morgan fingerprint density at radius 3 is 2.36 bits per heavy atom. The standard InChI is InChI=1S/C30H33N7O2/c1-17(2)18-6-8-19(9-7-18)24-25(38)22-21-20(16-31)29(37-12-14-39-15-13-37)34-28-23(21)27(33-26(22)32-24)35-30(36-28)10-4-3-5-11-30/h6-9,17,24H,3-5,10-15H2,1-2H3,(H,34,36)(H2,32,33,35). The first-order valence-corrected chi connectivity index (χ1v) is 14.1. The maximum absolute atomic E-state index is 14.1. The summed E-state index contributed by atoms with van der Waals surface area (Å²) in [6.45, 7) is 6.76. The van der Waals surface area contributed by atoms with E-state index in [1.807, 2.05) is 12.1 Å². The number of benzene rings is 1. The van der Waals surface area contributed by atoms with Gasteiger partial charge >= 0.3 is 0 Å². The number of ether oxygens (including phenoxy) is 1. The maximum Gasteiger partial charge on any atom is 0.194 e. The predicted octanol–water partition coefficient (Wildman–Crippen LogP) is 5.31. The number of rotatable bonds is 3. The summed E-state index contributed by atoms with van der Waals surface area (Å²) in [6, 6.07) is 10.1. The molecule has 0 amide bonds. The molecule has 1 saturated heterocycles. The highest BCUT2D eigenvalue weighted by molar-refractivity contribution is 6.23. The second kappa shape index (κ2) is 9.09. The minimum absolute atomic E-state index is 0.0686. The van der Waals surface area contributed by atoms with Crippen molar-refractivity contribution in [1.29, 1.82) is 5.26 Å². The average Bonchev–Trinajstić information content (AvgIpc) is 3.29. The number of morpholine rings is 1. The van der Waals surface area contributed by atoms with Gasteiger partial charge in [0.2, 0.25) is 0 Å². The van der Waals surface area contributed by atoms with Crippen LogP contribution < -0.4 is 20.9 Å². The summed E-state index contributed by atoms with van der Waals surface area (Å²) in [5, 5.41) is 22.7. The van der Waals surface area contributed by atoms with Crippen molar-refractivity contribution in [2.24, 2.45) is 0 Å². The molecule has 2 fully saturated rings. The third-order valence-corrected chi connectivity index (χ3v) is 8.70. The molecule has 0 radical (unpaired) electrons. The monoisotopic (exact) mass is 523 g/mol. The molecule has 1 aliphatic carbocycles. The summed E-state index contributed by atoms with van der Waals surface area (Å²) in [7, 11) is 0. The largest absolute Gasteiger partial charge is 0.378 e. The quantitative estimate of drug-likeness (QED) is 0.420. The molecule has 0 bridgehead atoms. The molecule has 1 spiro atoms. The zero-order valence-corrected chi connectivity index (χ0v) is 22.4. The minimum atomic E-state index is -0.556. The number of aromatic nitrogens is 2. The van der Waals surface area contributed by atoms with Crippen molar-refractivity contribution in [1.82, 2.24) is 9.97 Å². The number of carbonyl (C=O) groups is 1. The van der Waals surface area contributed by atoms with Gasteiger partial charge in [-0.15, -0.1) is 0 Å². The highest BCUT2D eigenvalue weighted by Crippen LogP contribution is 2.49. The van der Waals surface area contributed by atoms with Gasteiger partial charge in [-0.1, -0.05) is 44.5 Å². The normalized spacial score (nSPS) is 21.3. The van der Waals surface area contributed by atoms with E-state index < -0.39 is 6.04 Å². The molecule has 3 N–H and O–H groups in total. The molecule has 1 aromatic carbocycles. The van der Waals surface area contributed by atoms with Crippen molar-refractivity contribution < 1.29 is 9.53 Å². The number of anilines is 4. The Labute approximate surface area is 228 Å². The van der Waals surface area contributed by atoms with Gasteiger partial charge in [-0.05, 0) is 42.7 Å². The Balaban J connectivity index is 1.42. The lowest BCUT2D eigenvalue weighted by molar-refractivity contribution is 0.0981. The number of hydrogen-bond acceptors (Lipinski definition) is 9. The van der Waals surface area contributed by atoms with Crippen LogP contribution in [-0.2, 0) is 4.74 Å². The van der Waals surface area contributed by atoms with Crippen LogP contribution in [0.15, 0.2) is 24.3 Å². The van der Waals surface area contributed by atoms with Gasteiger partial charge in [0.25, 0.3) is 0 Å². The molecule has 3 aromatic rings. The van der Waals surface area contributed by atoms with E-state index in [1.165, 1.54) is 12.0 Å². The number of nitrogens with one attached hydrogen (secondary N) is 3. The molecule has 7 rings (SSSR count). The van der Waals surface area contributed by atoms with Crippen molar-refractivity contribution in [3.63, 3.8) is 0 Å². The van der Waals surface area contributed by atoms with Gasteiger partial charge in [0, 0.05) is 18.5 Å². The summed E-state index contributed by atoms with van der Waals surface area (Å²) in [5.41, 5.74) is 2.68. The maximum atomic E-state index is 14.1. The van der Waals surface area contributed by atoms with E-state index in [0.717, 1.165) is 36.6 Å². The molecule has 9 nitrogen and oxygen atoms in total. The highest BCUT2D eigenvalue weighted by Gasteiger charge is 2.43. The number of pyridine rings is 2. The number of carbonyl (C=O) groups excluding carboxylic acids is 1. The Kier molecular flexibility index (Phi) is 5.63. The van der Waals surface area contributed by atoms with E-state index in [0.29, 0.717) is 72.0 Å². The fourth-order valence-corrected chi connectivity index (χ4v) is 6.58. The van der Waals surface area contributed by atoms with Crippen molar-refractivity contribution in [2.45, 2.75) is 63.6 Å². The van der Waals surface area contributed by atoms with Crippen LogP contribution in [0.1, 0.15) is 85.0 Å². The Morgan fingerprint density at radius 1 is 1.00 bits per heavy atom. The number of Topliss-reactive ketones (excluding diaryl/α,β-unsaturated/α-hetero) is 1. The Morgan fingerprint density at radius 2 is 1.69 bits per heavy atom. The Bertz CT molecular complexity index is 1510. The lowest BCUT2D eigenvalue weighted by Gasteiger charge is -2.43. The van der Waals surface area contributed by atoms with Gasteiger partial charge in [0.05, 0.1) is 24.2 Å². The third kappa shape index (κ3) is 3.80. The lowest BCUT2D eigenvalue weighted by Crippen LogP contribution is -2.50. The van der Waals surface area contributed by atoms with E-state index in [1.54, 1.807) is 0 Å². The van der Waals surface area contributed by atoms with Gasteiger partial charge in [0.15, 0.2) is 5.78 Å². The van der Waals surface area contributed by atoms with Gasteiger partial charge in [0.1, 0.15) is 46.6 Å². The molecule has 9 heteroatoms. The fourth-order valence-electron chi connectivity index (χ4n) is 6.58. The molecule has 2 aromatic heterocycles. The zero-order chi connectivity index (χ0) is 26.7. The van der Waals surface area contributed by atoms with Crippen LogP contribution in [0.3, 0.4) is 0 Å². The van der Waals surface area contributed by atoms with Gasteiger partial charge in [-0.2, -0.15) is 5.26 Å². The van der Waals surface area contributed by atoms with Crippen molar-refractivity contribution in [2.75, 3.05) is 47.2 Å². The SMILES string of the molecule is CC(C)c1ccc(C2Nc3nc4c5c(nc(N6CCOCC6)c(C#N)c5c3C2=O)NC2(CCCCC2)N4)cc1. The second-order valence-electron chi connectivity index (χ2n) is 11.5.